The van der Waals surface area contributed by atoms with Crippen LogP contribution in [0.15, 0.2) is 114 Å². The summed E-state index contributed by atoms with van der Waals surface area (Å²) >= 11 is 0. The number of nitrogens with zero attached hydrogens (tertiary/aromatic N) is 1. The maximum absolute atomic E-state index is 13.9. The van der Waals surface area contributed by atoms with Gasteiger partial charge in [-0.2, -0.15) is 4.31 Å². The van der Waals surface area contributed by atoms with Crippen molar-refractivity contribution in [3.63, 3.8) is 0 Å². The minimum Gasteiger partial charge on any atom is -0.497 e. The van der Waals surface area contributed by atoms with Crippen LogP contribution in [0.4, 0.5) is 0 Å². The third-order valence-electron chi connectivity index (χ3n) is 6.33. The van der Waals surface area contributed by atoms with Crippen molar-refractivity contribution in [1.82, 2.24) is 4.31 Å². The smallest absolute Gasteiger partial charge is 0.243 e. The Labute approximate surface area is 213 Å². The van der Waals surface area contributed by atoms with Crippen molar-refractivity contribution in [3.05, 3.63) is 131 Å². The summed E-state index contributed by atoms with van der Waals surface area (Å²) in [7, 11) is -2.25. The third kappa shape index (κ3) is 6.02. The van der Waals surface area contributed by atoms with Gasteiger partial charge in [0.05, 0.1) is 18.1 Å². The molecule has 0 aliphatic rings. The molecule has 0 bridgehead atoms. The van der Waals surface area contributed by atoms with E-state index < -0.39 is 22.0 Å². The first-order valence-corrected chi connectivity index (χ1v) is 13.3. The lowest BCUT2D eigenvalue weighted by molar-refractivity contribution is 0.132. The van der Waals surface area contributed by atoms with Crippen LogP contribution >= 0.6 is 0 Å². The molecule has 186 valence electrons. The fourth-order valence-corrected chi connectivity index (χ4v) is 5.69. The van der Waals surface area contributed by atoms with E-state index in [0.29, 0.717) is 11.3 Å². The normalized spacial score (nSPS) is 13.3. The minimum atomic E-state index is -3.84. The highest BCUT2D eigenvalue weighted by Gasteiger charge is 2.32. The van der Waals surface area contributed by atoms with Crippen LogP contribution in [0.2, 0.25) is 0 Å². The highest BCUT2D eigenvalue weighted by molar-refractivity contribution is 7.89. The van der Waals surface area contributed by atoms with E-state index in [-0.39, 0.29) is 18.0 Å². The molecule has 0 aliphatic heterocycles. The van der Waals surface area contributed by atoms with E-state index in [9.17, 15) is 13.5 Å². The molecule has 0 heterocycles. The van der Waals surface area contributed by atoms with Gasteiger partial charge in [0.15, 0.2) is 0 Å². The molecule has 36 heavy (non-hydrogen) atoms. The van der Waals surface area contributed by atoms with Crippen LogP contribution in [0.25, 0.3) is 0 Å². The Morgan fingerprint density at radius 2 is 1.36 bits per heavy atom. The summed E-state index contributed by atoms with van der Waals surface area (Å²) < 4.78 is 34.5. The zero-order chi connectivity index (χ0) is 25.5. The van der Waals surface area contributed by atoms with Gasteiger partial charge >= 0.3 is 0 Å². The van der Waals surface area contributed by atoms with Crippen molar-refractivity contribution in [3.8, 4) is 5.75 Å². The standard InChI is InChI=1S/C30H31NO4S/c1-23-13-19-28(20-14-23)36(33,34)31(21-24-9-5-3-6-10-24)22-29(25-11-7-4-8-12-25)30(32)26-15-17-27(35-2)18-16-26/h3-20,29-30,32H,21-22H2,1-2H3/t29-,30-/m0/s1. The lowest BCUT2D eigenvalue weighted by Crippen LogP contribution is -2.36. The molecule has 0 saturated carbocycles. The summed E-state index contributed by atoms with van der Waals surface area (Å²) in [4.78, 5) is 0.231. The number of aliphatic hydroxyl groups excluding tert-OH is 1. The molecule has 0 radical (unpaired) electrons. The van der Waals surface area contributed by atoms with E-state index >= 15 is 0 Å². The number of ether oxygens (including phenoxy) is 1. The second-order valence-electron chi connectivity index (χ2n) is 8.83. The molecule has 6 heteroatoms. The van der Waals surface area contributed by atoms with Gasteiger partial charge in [0.2, 0.25) is 10.0 Å². The van der Waals surface area contributed by atoms with E-state index in [1.807, 2.05) is 79.7 Å². The zero-order valence-corrected chi connectivity index (χ0v) is 21.3. The van der Waals surface area contributed by atoms with Gasteiger partial charge in [0, 0.05) is 19.0 Å². The van der Waals surface area contributed by atoms with E-state index in [2.05, 4.69) is 0 Å². The Kier molecular flexibility index (Phi) is 8.21. The summed E-state index contributed by atoms with van der Waals surface area (Å²) in [5.41, 5.74) is 3.41. The second-order valence-corrected chi connectivity index (χ2v) is 10.8. The average molecular weight is 502 g/mol. The van der Waals surface area contributed by atoms with Crippen LogP contribution in [-0.2, 0) is 16.6 Å². The van der Waals surface area contributed by atoms with Gasteiger partial charge < -0.3 is 9.84 Å². The predicted molar refractivity (Wildman–Crippen MR) is 142 cm³/mol. The molecule has 1 N–H and O–H groups in total. The number of aryl methyl sites for hydroxylation is 1. The maximum Gasteiger partial charge on any atom is 0.243 e. The second kappa shape index (κ2) is 11.5. The van der Waals surface area contributed by atoms with Gasteiger partial charge in [-0.05, 0) is 47.9 Å². The Morgan fingerprint density at radius 3 is 1.94 bits per heavy atom. The average Bonchev–Trinajstić information content (AvgIpc) is 2.92. The molecule has 0 aliphatic carbocycles. The van der Waals surface area contributed by atoms with Gasteiger partial charge in [-0.25, -0.2) is 8.42 Å². The molecule has 4 rings (SSSR count). The lowest BCUT2D eigenvalue weighted by atomic mass is 9.89. The third-order valence-corrected chi connectivity index (χ3v) is 8.15. The van der Waals surface area contributed by atoms with Crippen LogP contribution in [0, 0.1) is 6.92 Å². The van der Waals surface area contributed by atoms with Crippen molar-refractivity contribution in [2.45, 2.75) is 30.4 Å². The topological polar surface area (TPSA) is 66.8 Å². The molecular weight excluding hydrogens is 470 g/mol. The molecule has 0 amide bonds. The molecule has 0 spiro atoms. The fraction of sp³-hybridized carbons (Fsp3) is 0.200. The zero-order valence-electron chi connectivity index (χ0n) is 20.5. The molecule has 0 unspecified atom stereocenters. The predicted octanol–water partition coefficient (Wildman–Crippen LogP) is 5.71. The van der Waals surface area contributed by atoms with E-state index in [0.717, 1.165) is 16.7 Å². The number of rotatable bonds is 10. The molecule has 4 aromatic rings. The van der Waals surface area contributed by atoms with E-state index in [1.54, 1.807) is 43.5 Å². The van der Waals surface area contributed by atoms with Crippen LogP contribution in [0.1, 0.15) is 34.3 Å². The Morgan fingerprint density at radius 1 is 0.778 bits per heavy atom. The SMILES string of the molecule is COc1ccc([C@H](O)[C@@H](CN(Cc2ccccc2)S(=O)(=O)c2ccc(C)cc2)c2ccccc2)cc1. The van der Waals surface area contributed by atoms with Gasteiger partial charge in [-0.1, -0.05) is 90.5 Å². The summed E-state index contributed by atoms with van der Waals surface area (Å²) in [6, 6.07) is 33.2. The highest BCUT2D eigenvalue weighted by Crippen LogP contribution is 2.34. The van der Waals surface area contributed by atoms with E-state index in [4.69, 9.17) is 4.74 Å². The van der Waals surface area contributed by atoms with Crippen molar-refractivity contribution in [1.29, 1.82) is 0 Å². The molecular formula is C30H31NO4S. The number of hydrogen-bond acceptors (Lipinski definition) is 4. The number of hydrogen-bond donors (Lipinski definition) is 1. The molecule has 0 aromatic heterocycles. The van der Waals surface area contributed by atoms with Gasteiger partial charge in [-0.3, -0.25) is 0 Å². The highest BCUT2D eigenvalue weighted by atomic mass is 32.2. The van der Waals surface area contributed by atoms with Crippen LogP contribution in [0.5, 0.6) is 5.75 Å². The number of methoxy groups -OCH3 is 1. The van der Waals surface area contributed by atoms with Crippen molar-refractivity contribution >= 4 is 10.0 Å². The Balaban J connectivity index is 1.75. The van der Waals surface area contributed by atoms with Gasteiger partial charge in [0.25, 0.3) is 0 Å². The van der Waals surface area contributed by atoms with Crippen LogP contribution in [-0.4, -0.2) is 31.5 Å². The summed E-state index contributed by atoms with van der Waals surface area (Å²) in [6.07, 6.45) is -0.926. The van der Waals surface area contributed by atoms with Crippen LogP contribution in [0.3, 0.4) is 0 Å². The maximum atomic E-state index is 13.9. The largest absolute Gasteiger partial charge is 0.497 e. The lowest BCUT2D eigenvalue weighted by Gasteiger charge is -2.31. The quantitative estimate of drug-likeness (QED) is 0.302. The number of benzene rings is 4. The summed E-state index contributed by atoms with van der Waals surface area (Å²) in [6.45, 7) is 2.22. The molecule has 2 atom stereocenters. The van der Waals surface area contributed by atoms with Crippen molar-refractivity contribution < 1.29 is 18.3 Å². The molecule has 5 nitrogen and oxygen atoms in total. The molecule has 0 fully saturated rings. The molecule has 0 saturated heterocycles. The minimum absolute atomic E-state index is 0.0995. The van der Waals surface area contributed by atoms with Crippen molar-refractivity contribution in [2.24, 2.45) is 0 Å². The van der Waals surface area contributed by atoms with Crippen molar-refractivity contribution in [2.75, 3.05) is 13.7 Å². The first-order chi connectivity index (χ1) is 17.4. The summed E-state index contributed by atoms with van der Waals surface area (Å²) in [5.74, 6) is 0.193. The van der Waals surface area contributed by atoms with E-state index in [1.165, 1.54) is 4.31 Å². The first kappa shape index (κ1) is 25.6. The van der Waals surface area contributed by atoms with Crippen LogP contribution < -0.4 is 4.74 Å². The monoisotopic (exact) mass is 501 g/mol. The first-order valence-electron chi connectivity index (χ1n) is 11.9. The summed E-state index contributed by atoms with van der Waals surface area (Å²) in [5, 5.41) is 11.5. The Bertz CT molecular complexity index is 1340. The number of aliphatic hydroxyl groups is 1. The Hall–Kier alpha value is -3.45. The fourth-order valence-electron chi connectivity index (χ4n) is 4.23. The molecule has 4 aromatic carbocycles. The van der Waals surface area contributed by atoms with Gasteiger partial charge in [-0.15, -0.1) is 0 Å². The number of sulfonamides is 1. The van der Waals surface area contributed by atoms with Gasteiger partial charge in [0.1, 0.15) is 5.75 Å².